The summed E-state index contributed by atoms with van der Waals surface area (Å²) in [5.41, 5.74) is 1.39. The average Bonchev–Trinajstić information content (AvgIpc) is 2.84. The summed E-state index contributed by atoms with van der Waals surface area (Å²) in [5.74, 6) is 0. The van der Waals surface area contributed by atoms with Gasteiger partial charge in [-0.1, -0.05) is 11.3 Å². The summed E-state index contributed by atoms with van der Waals surface area (Å²) in [6.45, 7) is 1.79. The van der Waals surface area contributed by atoms with Crippen LogP contribution in [0.1, 0.15) is 22.2 Å². The Morgan fingerprint density at radius 1 is 1.59 bits per heavy atom. The second kappa shape index (κ2) is 4.27. The number of nitrogens with zero attached hydrogens (tertiary/aromatic N) is 3. The molecule has 2 aromatic heterocycles. The van der Waals surface area contributed by atoms with E-state index >= 15 is 0 Å². The van der Waals surface area contributed by atoms with E-state index in [4.69, 9.17) is 0 Å². The van der Waals surface area contributed by atoms with Crippen molar-refractivity contribution < 1.29 is 10.0 Å². The van der Waals surface area contributed by atoms with Crippen LogP contribution in [-0.2, 0) is 7.05 Å². The van der Waals surface area contributed by atoms with Gasteiger partial charge in [0.15, 0.2) is 0 Å². The van der Waals surface area contributed by atoms with Crippen LogP contribution >= 0.6 is 11.3 Å². The maximum absolute atomic E-state index is 10.6. The van der Waals surface area contributed by atoms with Gasteiger partial charge in [0.1, 0.15) is 6.10 Å². The second-order valence-corrected chi connectivity index (χ2v) is 4.77. The van der Waals surface area contributed by atoms with E-state index in [9.17, 15) is 15.2 Å². The standard InChI is InChI=1S/C10H11N3O3S/c1-6-7(5-12(2)11-6)10(14)8-3-4-9(17-8)13(15)16/h3-5,10,14H,1-2H3. The zero-order chi connectivity index (χ0) is 12.6. The highest BCUT2D eigenvalue weighted by Gasteiger charge is 2.20. The summed E-state index contributed by atoms with van der Waals surface area (Å²) in [6, 6.07) is 2.97. The highest BCUT2D eigenvalue weighted by molar-refractivity contribution is 7.15. The Kier molecular flexibility index (Phi) is 2.95. The van der Waals surface area contributed by atoms with Crippen LogP contribution in [0.5, 0.6) is 0 Å². The number of rotatable bonds is 3. The minimum atomic E-state index is -0.859. The number of hydrogen-bond donors (Lipinski definition) is 1. The molecular formula is C10H11N3O3S. The monoisotopic (exact) mass is 253 g/mol. The molecule has 17 heavy (non-hydrogen) atoms. The fraction of sp³-hybridized carbons (Fsp3) is 0.300. The Morgan fingerprint density at radius 2 is 2.29 bits per heavy atom. The minimum Gasteiger partial charge on any atom is -0.383 e. The van der Waals surface area contributed by atoms with Crippen LogP contribution < -0.4 is 0 Å². The molecule has 2 aromatic rings. The molecule has 0 radical (unpaired) electrons. The van der Waals surface area contributed by atoms with Gasteiger partial charge in [0.25, 0.3) is 0 Å². The summed E-state index contributed by atoms with van der Waals surface area (Å²) in [4.78, 5) is 10.6. The van der Waals surface area contributed by atoms with Gasteiger partial charge in [0, 0.05) is 29.8 Å². The summed E-state index contributed by atoms with van der Waals surface area (Å²) < 4.78 is 1.61. The van der Waals surface area contributed by atoms with E-state index in [1.807, 2.05) is 0 Å². The predicted molar refractivity (Wildman–Crippen MR) is 63.0 cm³/mol. The van der Waals surface area contributed by atoms with Crippen molar-refractivity contribution in [2.24, 2.45) is 7.05 Å². The van der Waals surface area contributed by atoms with E-state index in [1.165, 1.54) is 6.07 Å². The average molecular weight is 253 g/mol. The van der Waals surface area contributed by atoms with Crippen LogP contribution in [0.4, 0.5) is 5.00 Å². The van der Waals surface area contributed by atoms with Gasteiger partial charge in [-0.25, -0.2) is 0 Å². The van der Waals surface area contributed by atoms with Gasteiger partial charge in [-0.15, -0.1) is 0 Å². The lowest BCUT2D eigenvalue weighted by molar-refractivity contribution is -0.380. The molecule has 2 heterocycles. The number of aliphatic hydroxyl groups excluding tert-OH is 1. The molecule has 1 unspecified atom stereocenters. The molecular weight excluding hydrogens is 242 g/mol. The molecule has 0 aliphatic carbocycles. The zero-order valence-corrected chi connectivity index (χ0v) is 10.1. The van der Waals surface area contributed by atoms with E-state index in [2.05, 4.69) is 5.10 Å². The van der Waals surface area contributed by atoms with Crippen LogP contribution in [0, 0.1) is 17.0 Å². The Labute approximate surface area is 101 Å². The highest BCUT2D eigenvalue weighted by atomic mass is 32.1. The molecule has 7 heteroatoms. The Bertz CT molecular complexity index is 561. The largest absolute Gasteiger partial charge is 0.383 e. The summed E-state index contributed by atoms with van der Waals surface area (Å²) in [5, 5.41) is 24.8. The molecule has 1 N–H and O–H groups in total. The molecule has 0 aliphatic heterocycles. The predicted octanol–water partition coefficient (Wildman–Crippen LogP) is 1.78. The van der Waals surface area contributed by atoms with E-state index in [0.717, 1.165) is 17.0 Å². The first-order valence-electron chi connectivity index (χ1n) is 4.91. The van der Waals surface area contributed by atoms with Crippen molar-refractivity contribution in [3.05, 3.63) is 44.6 Å². The molecule has 0 aromatic carbocycles. The quantitative estimate of drug-likeness (QED) is 0.667. The van der Waals surface area contributed by atoms with E-state index in [-0.39, 0.29) is 5.00 Å². The lowest BCUT2D eigenvalue weighted by Gasteiger charge is -2.05. The van der Waals surface area contributed by atoms with Gasteiger partial charge in [-0.2, -0.15) is 5.10 Å². The summed E-state index contributed by atoms with van der Waals surface area (Å²) in [7, 11) is 1.76. The first-order chi connectivity index (χ1) is 7.99. The van der Waals surface area contributed by atoms with Crippen LogP contribution in [0.3, 0.4) is 0 Å². The molecule has 0 fully saturated rings. The van der Waals surface area contributed by atoms with E-state index in [1.54, 1.807) is 30.9 Å². The Hall–Kier alpha value is -1.73. The smallest absolute Gasteiger partial charge is 0.324 e. The van der Waals surface area contributed by atoms with Crippen molar-refractivity contribution >= 4 is 16.3 Å². The Balaban J connectivity index is 2.33. The third kappa shape index (κ3) is 2.20. The topological polar surface area (TPSA) is 81.2 Å². The number of thiophene rings is 1. The molecule has 0 bridgehead atoms. The Morgan fingerprint density at radius 3 is 2.76 bits per heavy atom. The van der Waals surface area contributed by atoms with Gasteiger partial charge in [-0.05, 0) is 13.0 Å². The number of aliphatic hydroxyl groups is 1. The van der Waals surface area contributed by atoms with Crippen LogP contribution in [0.15, 0.2) is 18.3 Å². The molecule has 0 spiro atoms. The molecule has 1 atom stereocenters. The van der Waals surface area contributed by atoms with Crippen molar-refractivity contribution in [1.29, 1.82) is 0 Å². The molecule has 0 saturated carbocycles. The van der Waals surface area contributed by atoms with Crippen LogP contribution in [0.2, 0.25) is 0 Å². The van der Waals surface area contributed by atoms with Gasteiger partial charge in [-0.3, -0.25) is 14.8 Å². The zero-order valence-electron chi connectivity index (χ0n) is 9.32. The molecule has 2 rings (SSSR count). The van der Waals surface area contributed by atoms with E-state index in [0.29, 0.717) is 10.4 Å². The molecule has 0 aliphatic rings. The lowest BCUT2D eigenvalue weighted by atomic mass is 10.1. The number of nitro groups is 1. The summed E-state index contributed by atoms with van der Waals surface area (Å²) in [6.07, 6.45) is 0.855. The molecule has 0 saturated heterocycles. The van der Waals surface area contributed by atoms with Crippen molar-refractivity contribution in [1.82, 2.24) is 9.78 Å². The fourth-order valence-electron chi connectivity index (χ4n) is 1.63. The third-order valence-electron chi connectivity index (χ3n) is 2.41. The van der Waals surface area contributed by atoms with Gasteiger partial charge >= 0.3 is 5.00 Å². The number of aromatic nitrogens is 2. The molecule has 90 valence electrons. The second-order valence-electron chi connectivity index (χ2n) is 3.68. The fourth-order valence-corrected chi connectivity index (χ4v) is 2.45. The lowest BCUT2D eigenvalue weighted by Crippen LogP contribution is -1.97. The van der Waals surface area contributed by atoms with Gasteiger partial charge in [0.2, 0.25) is 0 Å². The van der Waals surface area contributed by atoms with E-state index < -0.39 is 11.0 Å². The number of hydrogen-bond acceptors (Lipinski definition) is 5. The van der Waals surface area contributed by atoms with Crippen molar-refractivity contribution in [3.63, 3.8) is 0 Å². The van der Waals surface area contributed by atoms with Crippen molar-refractivity contribution in [2.45, 2.75) is 13.0 Å². The molecule has 0 amide bonds. The van der Waals surface area contributed by atoms with Crippen LogP contribution in [0.25, 0.3) is 0 Å². The first kappa shape index (κ1) is 11.7. The SMILES string of the molecule is Cc1nn(C)cc1C(O)c1ccc([N+](=O)[O-])s1. The third-order valence-corrected chi connectivity index (χ3v) is 3.50. The maximum Gasteiger partial charge on any atom is 0.324 e. The number of aryl methyl sites for hydroxylation is 2. The maximum atomic E-state index is 10.6. The van der Waals surface area contributed by atoms with Crippen molar-refractivity contribution in [2.75, 3.05) is 0 Å². The minimum absolute atomic E-state index is 0.0283. The van der Waals surface area contributed by atoms with Crippen LogP contribution in [-0.4, -0.2) is 19.8 Å². The first-order valence-corrected chi connectivity index (χ1v) is 5.73. The van der Waals surface area contributed by atoms with Gasteiger partial charge in [0.05, 0.1) is 10.6 Å². The van der Waals surface area contributed by atoms with Crippen molar-refractivity contribution in [3.8, 4) is 0 Å². The van der Waals surface area contributed by atoms with Gasteiger partial charge < -0.3 is 5.11 Å². The highest BCUT2D eigenvalue weighted by Crippen LogP contribution is 2.33. The normalized spacial score (nSPS) is 12.6. The molecule has 6 nitrogen and oxygen atoms in total. The summed E-state index contributed by atoms with van der Waals surface area (Å²) >= 11 is 0.976.